The average Bonchev–Trinajstić information content (AvgIpc) is 2.99. The van der Waals surface area contributed by atoms with Crippen molar-refractivity contribution in [1.82, 2.24) is 19.4 Å². The standard InChI is InChI=1S/C33H44N4O2S.C2H6/c1-7-9-10-30-21-31(38)34-33(40-24-28-13-11-25(3)12-14-28)37(30)23-32(39)36(20-19-35(5)6)22-27-15-17-29(18-16-27)26(4)8-2;1-2/h8,11-18,21H,7,9-10,19-20,22-24H2,1-6H3;1-2H3/b26-8+;. The van der Waals surface area contributed by atoms with Gasteiger partial charge in [0, 0.05) is 37.1 Å². The lowest BCUT2D eigenvalue weighted by molar-refractivity contribution is -0.132. The van der Waals surface area contributed by atoms with Crippen LogP contribution in [0.1, 0.15) is 75.4 Å². The molecule has 0 radical (unpaired) electrons. The summed E-state index contributed by atoms with van der Waals surface area (Å²) >= 11 is 1.52. The van der Waals surface area contributed by atoms with Gasteiger partial charge in [0.15, 0.2) is 5.16 Å². The third-order valence-corrected chi connectivity index (χ3v) is 8.08. The van der Waals surface area contributed by atoms with Gasteiger partial charge in [0.1, 0.15) is 6.54 Å². The summed E-state index contributed by atoms with van der Waals surface area (Å²) in [4.78, 5) is 34.8. The number of hydrogen-bond donors (Lipinski definition) is 0. The molecule has 0 spiro atoms. The summed E-state index contributed by atoms with van der Waals surface area (Å²) in [5.74, 6) is 0.705. The average molecular weight is 591 g/mol. The molecule has 0 unspecified atom stereocenters. The fraction of sp³-hybridized carbons (Fsp3) is 0.457. The molecule has 0 aliphatic rings. The highest BCUT2D eigenvalue weighted by Crippen LogP contribution is 2.23. The Hall–Kier alpha value is -3.16. The number of benzene rings is 2. The quantitative estimate of drug-likeness (QED) is 0.146. The van der Waals surface area contributed by atoms with Gasteiger partial charge >= 0.3 is 0 Å². The molecule has 3 rings (SSSR count). The Balaban J connectivity index is 0.00000301. The Labute approximate surface area is 257 Å². The topological polar surface area (TPSA) is 58.4 Å². The fourth-order valence-corrected chi connectivity index (χ4v) is 5.30. The van der Waals surface area contributed by atoms with Crippen LogP contribution in [0, 0.1) is 6.92 Å². The highest BCUT2D eigenvalue weighted by atomic mass is 32.2. The van der Waals surface area contributed by atoms with Gasteiger partial charge in [-0.15, -0.1) is 0 Å². The van der Waals surface area contributed by atoms with Gasteiger partial charge in [0.25, 0.3) is 5.56 Å². The minimum absolute atomic E-state index is 0.0240. The first-order valence-electron chi connectivity index (χ1n) is 15.1. The summed E-state index contributed by atoms with van der Waals surface area (Å²) < 4.78 is 1.97. The Morgan fingerprint density at radius 2 is 1.64 bits per heavy atom. The Bertz CT molecular complexity index is 1330. The van der Waals surface area contributed by atoms with E-state index in [1.54, 1.807) is 6.07 Å². The van der Waals surface area contributed by atoms with Crippen LogP contribution >= 0.6 is 11.8 Å². The summed E-state index contributed by atoms with van der Waals surface area (Å²) in [6.45, 7) is 14.4. The van der Waals surface area contributed by atoms with Gasteiger partial charge in [-0.25, -0.2) is 0 Å². The molecule has 7 heteroatoms. The summed E-state index contributed by atoms with van der Waals surface area (Å²) in [7, 11) is 4.04. The lowest BCUT2D eigenvalue weighted by Gasteiger charge is -2.26. The molecule has 0 fully saturated rings. The van der Waals surface area contributed by atoms with Crippen molar-refractivity contribution in [1.29, 1.82) is 0 Å². The zero-order chi connectivity index (χ0) is 31.1. The van der Waals surface area contributed by atoms with Crippen molar-refractivity contribution >= 4 is 23.2 Å². The van der Waals surface area contributed by atoms with Gasteiger partial charge in [-0.2, -0.15) is 4.98 Å². The number of allylic oxidation sites excluding steroid dienone is 2. The summed E-state index contributed by atoms with van der Waals surface area (Å²) in [6, 6.07) is 18.4. The van der Waals surface area contributed by atoms with E-state index in [0.717, 1.165) is 42.6 Å². The maximum Gasteiger partial charge on any atom is 0.273 e. The van der Waals surface area contributed by atoms with Gasteiger partial charge in [-0.3, -0.25) is 9.59 Å². The lowest BCUT2D eigenvalue weighted by Crippen LogP contribution is -2.39. The molecule has 3 aromatic rings. The fourth-order valence-electron chi connectivity index (χ4n) is 4.31. The van der Waals surface area contributed by atoms with Crippen LogP contribution in [0.25, 0.3) is 5.57 Å². The number of carbonyl (C=O) groups is 1. The SMILES string of the molecule is C/C=C(\C)c1ccc(CN(CCN(C)C)C(=O)Cn2c(CCCC)cc(=O)nc2SCc2ccc(C)cc2)cc1.CC. The van der Waals surface area contributed by atoms with Crippen molar-refractivity contribution in [2.75, 3.05) is 27.2 Å². The first-order chi connectivity index (χ1) is 20.2. The molecule has 0 bridgehead atoms. The summed E-state index contributed by atoms with van der Waals surface area (Å²) in [6.07, 6.45) is 4.80. The van der Waals surface area contributed by atoms with E-state index in [4.69, 9.17) is 0 Å². The number of nitrogens with zero attached hydrogens (tertiary/aromatic N) is 4. The van der Waals surface area contributed by atoms with Crippen LogP contribution in [0.5, 0.6) is 0 Å². The lowest BCUT2D eigenvalue weighted by atomic mass is 10.1. The number of likely N-dealkylation sites (N-methyl/N-ethyl adjacent to an activating group) is 1. The third-order valence-electron chi connectivity index (χ3n) is 7.03. The highest BCUT2D eigenvalue weighted by molar-refractivity contribution is 7.98. The largest absolute Gasteiger partial charge is 0.336 e. The van der Waals surface area contributed by atoms with Gasteiger partial charge < -0.3 is 14.4 Å². The molecular weight excluding hydrogens is 540 g/mol. The van der Waals surface area contributed by atoms with Crippen LogP contribution in [0.2, 0.25) is 0 Å². The minimum atomic E-state index is -0.248. The second kappa shape index (κ2) is 18.4. The van der Waals surface area contributed by atoms with Crippen LogP contribution < -0.4 is 5.56 Å². The Morgan fingerprint density at radius 3 is 2.24 bits per heavy atom. The number of aromatic nitrogens is 2. The smallest absolute Gasteiger partial charge is 0.273 e. The molecule has 42 heavy (non-hydrogen) atoms. The molecule has 0 aliphatic heterocycles. The van der Waals surface area contributed by atoms with Crippen LogP contribution in [0.4, 0.5) is 0 Å². The maximum atomic E-state index is 13.9. The molecule has 0 atom stereocenters. The highest BCUT2D eigenvalue weighted by Gasteiger charge is 2.19. The van der Waals surface area contributed by atoms with Crippen LogP contribution in [0.15, 0.2) is 70.6 Å². The normalized spacial score (nSPS) is 11.3. The van der Waals surface area contributed by atoms with Gasteiger partial charge in [0.05, 0.1) is 0 Å². The van der Waals surface area contributed by atoms with E-state index >= 15 is 0 Å². The predicted octanol–water partition coefficient (Wildman–Crippen LogP) is 7.23. The number of carbonyl (C=O) groups excluding carboxylic acids is 1. The zero-order valence-electron chi connectivity index (χ0n) is 26.9. The van der Waals surface area contributed by atoms with Crippen molar-refractivity contribution in [2.24, 2.45) is 0 Å². The van der Waals surface area contributed by atoms with Gasteiger partial charge in [-0.1, -0.05) is 99.1 Å². The van der Waals surface area contributed by atoms with E-state index in [2.05, 4.69) is 85.3 Å². The van der Waals surface area contributed by atoms with Gasteiger partial charge in [0.2, 0.25) is 5.91 Å². The van der Waals surface area contributed by atoms with Crippen molar-refractivity contribution in [3.05, 3.63) is 99.0 Å². The van der Waals surface area contributed by atoms with E-state index in [1.807, 2.05) is 44.3 Å². The second-order valence-corrected chi connectivity index (χ2v) is 11.6. The number of aryl methyl sites for hydroxylation is 2. The number of thioether (sulfide) groups is 1. The second-order valence-electron chi connectivity index (χ2n) is 10.6. The predicted molar refractivity (Wildman–Crippen MR) is 179 cm³/mol. The molecule has 228 valence electrons. The van der Waals surface area contributed by atoms with Crippen molar-refractivity contribution in [2.45, 2.75) is 84.8 Å². The Morgan fingerprint density at radius 1 is 1.00 bits per heavy atom. The van der Waals surface area contributed by atoms with Crippen LogP contribution in [-0.2, 0) is 30.1 Å². The molecule has 1 heterocycles. The molecule has 0 N–H and O–H groups in total. The summed E-state index contributed by atoms with van der Waals surface area (Å²) in [5, 5.41) is 0.603. The van der Waals surface area contributed by atoms with Crippen LogP contribution in [0.3, 0.4) is 0 Å². The third kappa shape index (κ3) is 11.3. The Kier molecular flexibility index (Phi) is 15.3. The van der Waals surface area contributed by atoms with E-state index in [9.17, 15) is 9.59 Å². The molecule has 0 aliphatic carbocycles. The summed E-state index contributed by atoms with van der Waals surface area (Å²) in [5.41, 5.74) is 6.51. The monoisotopic (exact) mass is 590 g/mol. The van der Waals surface area contributed by atoms with E-state index in [1.165, 1.54) is 28.5 Å². The molecule has 1 amide bonds. The zero-order valence-corrected chi connectivity index (χ0v) is 27.8. The van der Waals surface area contributed by atoms with Gasteiger partial charge in [-0.05, 0) is 70.0 Å². The molecule has 6 nitrogen and oxygen atoms in total. The number of amides is 1. The molecule has 1 aromatic heterocycles. The molecule has 0 saturated heterocycles. The number of rotatable bonds is 14. The van der Waals surface area contributed by atoms with Crippen molar-refractivity contribution in [3.63, 3.8) is 0 Å². The maximum absolute atomic E-state index is 13.9. The van der Waals surface area contributed by atoms with E-state index < -0.39 is 0 Å². The molecular formula is C35H50N4O2S. The molecule has 0 saturated carbocycles. The first kappa shape index (κ1) is 35.0. The number of hydrogen-bond acceptors (Lipinski definition) is 5. The van der Waals surface area contributed by atoms with E-state index in [0.29, 0.717) is 24.0 Å². The van der Waals surface area contributed by atoms with Crippen molar-refractivity contribution < 1.29 is 4.79 Å². The van der Waals surface area contributed by atoms with E-state index in [-0.39, 0.29) is 18.0 Å². The molecule has 2 aromatic carbocycles. The first-order valence-corrected chi connectivity index (χ1v) is 16.1. The number of unbranched alkanes of at least 4 members (excludes halogenated alkanes) is 1. The minimum Gasteiger partial charge on any atom is -0.336 e. The van der Waals surface area contributed by atoms with Crippen LogP contribution in [-0.4, -0.2) is 52.4 Å². The van der Waals surface area contributed by atoms with Crippen molar-refractivity contribution in [3.8, 4) is 0 Å².